The number of ether oxygens (including phenoxy) is 5. The van der Waals surface area contributed by atoms with E-state index in [-0.39, 0.29) is 57.5 Å². The molecule has 80 heavy (non-hydrogen) atoms. The summed E-state index contributed by atoms with van der Waals surface area (Å²) in [6, 6.07) is 40.2. The lowest BCUT2D eigenvalue weighted by Gasteiger charge is -2.44. The second-order valence-electron chi connectivity index (χ2n) is 26.8. The summed E-state index contributed by atoms with van der Waals surface area (Å²) in [6.45, 7) is 41.0. The van der Waals surface area contributed by atoms with Crippen molar-refractivity contribution >= 4 is 35.3 Å². The van der Waals surface area contributed by atoms with Crippen LogP contribution in [0.4, 0.5) is 0 Å². The Morgan fingerprint density at radius 2 is 1.27 bits per heavy atom. The van der Waals surface area contributed by atoms with Gasteiger partial charge < -0.3 is 42.1 Å². The van der Waals surface area contributed by atoms with E-state index in [9.17, 15) is 5.11 Å². The zero-order chi connectivity index (χ0) is 58.5. The minimum atomic E-state index is -2.76. The molecule has 1 fully saturated rings. The molecule has 12 heteroatoms. The van der Waals surface area contributed by atoms with E-state index in [0.717, 1.165) is 42.6 Å². The zero-order valence-electron chi connectivity index (χ0n) is 51.8. The Bertz CT molecular complexity index is 2490. The van der Waals surface area contributed by atoms with E-state index < -0.39 is 43.3 Å². The fraction of sp³-hybridized carbons (Fsp3) is 0.559. The van der Waals surface area contributed by atoms with Gasteiger partial charge in [-0.2, -0.15) is 0 Å². The number of aliphatic hydroxyl groups excluding tert-OH is 1. The molecule has 0 saturated carbocycles. The predicted molar refractivity (Wildman–Crippen MR) is 338 cm³/mol. The third-order valence-corrected chi connectivity index (χ3v) is 31.9. The van der Waals surface area contributed by atoms with Gasteiger partial charge >= 0.3 is 0 Å². The van der Waals surface area contributed by atoms with E-state index in [4.69, 9.17) is 37.0 Å². The molecule has 440 valence electrons. The van der Waals surface area contributed by atoms with Crippen molar-refractivity contribution in [3.63, 3.8) is 0 Å². The lowest BCUT2D eigenvalue weighted by Crippen LogP contribution is -2.66. The van der Waals surface area contributed by atoms with Crippen LogP contribution >= 0.6 is 0 Å². The third kappa shape index (κ3) is 17.2. The van der Waals surface area contributed by atoms with E-state index in [1.165, 1.54) is 10.4 Å². The Hall–Kier alpha value is -3.77. The van der Waals surface area contributed by atoms with Crippen LogP contribution in [0.3, 0.4) is 0 Å². The third-order valence-electron chi connectivity index (χ3n) is 17.9. The van der Waals surface area contributed by atoms with Crippen molar-refractivity contribution in [1.29, 1.82) is 0 Å². The molecule has 4 aromatic rings. The largest absolute Gasteiger partial charge is 0.497 e. The van der Waals surface area contributed by atoms with Gasteiger partial charge in [-0.15, -0.1) is 0 Å². The minimum Gasteiger partial charge on any atom is -0.497 e. The van der Waals surface area contributed by atoms with Crippen molar-refractivity contribution in [2.24, 2.45) is 11.8 Å². The van der Waals surface area contributed by atoms with Gasteiger partial charge in [0.2, 0.25) is 0 Å². The minimum absolute atomic E-state index is 0.0487. The molecule has 0 aromatic heterocycles. The normalized spacial score (nSPS) is 21.0. The van der Waals surface area contributed by atoms with E-state index in [0.29, 0.717) is 38.4 Å². The van der Waals surface area contributed by atoms with Gasteiger partial charge in [-0.1, -0.05) is 210 Å². The van der Waals surface area contributed by atoms with Crippen LogP contribution in [-0.2, 0) is 45.4 Å². The summed E-state index contributed by atoms with van der Waals surface area (Å²) in [5, 5.41) is 14.8. The number of hydrogen-bond donors (Lipinski definition) is 1. The molecular weight excluding hydrogens is 1040 g/mol. The highest BCUT2D eigenvalue weighted by Crippen LogP contribution is 2.42. The van der Waals surface area contributed by atoms with Gasteiger partial charge in [-0.3, -0.25) is 0 Å². The molecule has 0 unspecified atom stereocenters. The van der Waals surface area contributed by atoms with Gasteiger partial charge in [0.05, 0.1) is 63.6 Å². The Labute approximate surface area is 487 Å². The van der Waals surface area contributed by atoms with E-state index in [2.05, 4.69) is 218 Å². The summed E-state index contributed by atoms with van der Waals surface area (Å²) in [6.07, 6.45) is 9.25. The Morgan fingerprint density at radius 3 is 1.84 bits per heavy atom. The molecule has 0 radical (unpaired) electrons. The average molecular weight is 1150 g/mol. The molecule has 9 nitrogen and oxygen atoms in total. The van der Waals surface area contributed by atoms with Crippen LogP contribution in [0.1, 0.15) is 119 Å². The molecule has 2 aliphatic heterocycles. The highest BCUT2D eigenvalue weighted by atomic mass is 28.4. The molecule has 0 spiro atoms. The van der Waals surface area contributed by atoms with E-state index in [1.54, 1.807) is 7.11 Å². The number of hydrogen-bond acceptors (Lipinski definition) is 9. The summed E-state index contributed by atoms with van der Waals surface area (Å²) in [7, 11) is -5.90. The molecule has 1 N–H and O–H groups in total. The SMILES string of the molecule is C=C([C@@H]1CC[C@@H]([C@H]2C=CC[C@@H](COCc3ccccc3)O2)O1)[C@@H](O)[C@@H](C/C=C\[C@H](O[Si](C)(C)C(C)(C)C)[C@H](OCc1ccc(OC)cc1)[C@H](C)[C@@H](C)CCO[Si](c1ccccc1)(c1ccccc1)C(C)(C)C)O[Si](C)(C)C(C)(C)C. The molecule has 0 amide bonds. The van der Waals surface area contributed by atoms with E-state index >= 15 is 0 Å². The van der Waals surface area contributed by atoms with E-state index in [1.807, 2.05) is 30.3 Å². The van der Waals surface area contributed by atoms with Crippen LogP contribution in [0, 0.1) is 11.8 Å². The molecule has 2 heterocycles. The van der Waals surface area contributed by atoms with Gasteiger partial charge in [0.15, 0.2) is 16.6 Å². The Kier molecular flexibility index (Phi) is 23.4. The first-order valence-electron chi connectivity index (χ1n) is 29.6. The lowest BCUT2D eigenvalue weighted by atomic mass is 9.85. The van der Waals surface area contributed by atoms with Gasteiger partial charge in [0, 0.05) is 6.61 Å². The molecule has 2 aliphatic rings. The van der Waals surface area contributed by atoms with Crippen LogP contribution in [0.25, 0.3) is 0 Å². The highest BCUT2D eigenvalue weighted by Gasteiger charge is 2.51. The van der Waals surface area contributed by atoms with Crippen molar-refractivity contribution in [3.05, 3.63) is 163 Å². The van der Waals surface area contributed by atoms with Gasteiger partial charge in [0.1, 0.15) is 18.0 Å². The lowest BCUT2D eigenvalue weighted by molar-refractivity contribution is -0.102. The fourth-order valence-electron chi connectivity index (χ4n) is 10.6. The number of methoxy groups -OCH3 is 1. The molecule has 4 aromatic carbocycles. The first-order valence-corrected chi connectivity index (χ1v) is 37.4. The van der Waals surface area contributed by atoms with Crippen LogP contribution < -0.4 is 15.1 Å². The Balaban J connectivity index is 1.26. The summed E-state index contributed by atoms with van der Waals surface area (Å²) >= 11 is 0. The quantitative estimate of drug-likeness (QED) is 0.0441. The van der Waals surface area contributed by atoms with Crippen molar-refractivity contribution in [2.75, 3.05) is 20.3 Å². The molecule has 6 rings (SSSR count). The fourth-order valence-corrected chi connectivity index (χ4v) is 17.7. The monoisotopic (exact) mass is 1150 g/mol. The molecular formula is C68H102O9Si3. The van der Waals surface area contributed by atoms with Crippen molar-refractivity contribution in [3.8, 4) is 5.75 Å². The van der Waals surface area contributed by atoms with Crippen molar-refractivity contribution < 1.29 is 42.1 Å². The topological polar surface area (TPSA) is 94.1 Å². The summed E-state index contributed by atoms with van der Waals surface area (Å²) in [5.74, 6) is 1.04. The summed E-state index contributed by atoms with van der Waals surface area (Å²) in [5.41, 5.74) is 2.84. The summed E-state index contributed by atoms with van der Waals surface area (Å²) < 4.78 is 54.4. The standard InChI is InChI=1S/C68H102O9Si3/c1-50(45-46-73-80(68(10,11)12,57-32-23-19-24-33-57)58-34-25-20-26-35-58)51(2)65(72-48-54-39-41-55(70-13)42-40-54)63(77-79(16,17)67(7,8)9)38-28-37-62(76-78(14,15)66(4,5)6)64(69)52(3)59-43-44-61(75-59)60-36-27-31-56(74-60)49-71-47-53-29-21-18-22-30-53/h18-30,32-36,38-42,50-51,56,59-65,69H,3,31,37,43-49H2,1-2,4-17H3/b38-28-/t50-,51+,56-,59-,60+,61-,62+,63-,64+,65+/m0/s1. The maximum atomic E-state index is 12.6. The molecule has 1 saturated heterocycles. The predicted octanol–water partition coefficient (Wildman–Crippen LogP) is 14.9. The second kappa shape index (κ2) is 28.7. The Morgan fingerprint density at radius 1 is 0.713 bits per heavy atom. The van der Waals surface area contributed by atoms with Crippen LogP contribution in [-0.4, -0.2) is 99.2 Å². The second-order valence-corrected chi connectivity index (χ2v) is 40.6. The average Bonchev–Trinajstić information content (AvgIpc) is 3.96. The number of rotatable bonds is 28. The van der Waals surface area contributed by atoms with Gasteiger partial charge in [0.25, 0.3) is 8.32 Å². The molecule has 10 atom stereocenters. The zero-order valence-corrected chi connectivity index (χ0v) is 54.8. The van der Waals surface area contributed by atoms with Crippen LogP contribution in [0.5, 0.6) is 5.75 Å². The first-order chi connectivity index (χ1) is 37.7. The maximum absolute atomic E-state index is 12.6. The summed E-state index contributed by atoms with van der Waals surface area (Å²) in [4.78, 5) is 0. The van der Waals surface area contributed by atoms with Crippen LogP contribution in [0.2, 0.25) is 41.3 Å². The highest BCUT2D eigenvalue weighted by molar-refractivity contribution is 6.99. The first kappa shape index (κ1) is 65.4. The maximum Gasteiger partial charge on any atom is 0.261 e. The number of aliphatic hydroxyl groups is 1. The van der Waals surface area contributed by atoms with Crippen LogP contribution in [0.15, 0.2) is 152 Å². The van der Waals surface area contributed by atoms with Gasteiger partial charge in [-0.25, -0.2) is 0 Å². The molecule has 0 bridgehead atoms. The van der Waals surface area contributed by atoms with Crippen molar-refractivity contribution in [2.45, 2.75) is 212 Å². The van der Waals surface area contributed by atoms with Gasteiger partial charge in [-0.05, 0) is 124 Å². The molecule has 0 aliphatic carbocycles. The number of benzene rings is 4. The van der Waals surface area contributed by atoms with Crippen molar-refractivity contribution in [1.82, 2.24) is 0 Å². The smallest absolute Gasteiger partial charge is 0.261 e.